The normalized spacial score (nSPS) is 23.9. The lowest BCUT2D eigenvalue weighted by Gasteiger charge is -2.38. The van der Waals surface area contributed by atoms with E-state index in [-0.39, 0.29) is 41.1 Å². The van der Waals surface area contributed by atoms with Crippen molar-refractivity contribution in [3.05, 3.63) is 57.5 Å². The van der Waals surface area contributed by atoms with Crippen LogP contribution in [0.5, 0.6) is 5.88 Å². The lowest BCUT2D eigenvalue weighted by molar-refractivity contribution is -0.134. The third kappa shape index (κ3) is 5.56. The van der Waals surface area contributed by atoms with Crippen molar-refractivity contribution in [2.75, 3.05) is 33.2 Å². The summed E-state index contributed by atoms with van der Waals surface area (Å²) < 4.78 is 26.5. The number of halogens is 3. The Bertz CT molecular complexity index is 1990. The summed E-state index contributed by atoms with van der Waals surface area (Å²) >= 11 is 13.2. The summed E-state index contributed by atoms with van der Waals surface area (Å²) in [5.74, 6) is 0.499. The summed E-state index contributed by atoms with van der Waals surface area (Å²) in [5.41, 5.74) is 3.56. The van der Waals surface area contributed by atoms with Crippen LogP contribution in [0.25, 0.3) is 32.9 Å². The van der Waals surface area contributed by atoms with Gasteiger partial charge in [0.25, 0.3) is 0 Å². The number of pyridine rings is 1. The van der Waals surface area contributed by atoms with Crippen molar-refractivity contribution in [2.45, 2.75) is 82.5 Å². The van der Waals surface area contributed by atoms with Gasteiger partial charge in [-0.1, -0.05) is 35.3 Å². The number of hydrogen-bond acceptors (Lipinski definition) is 6. The van der Waals surface area contributed by atoms with Gasteiger partial charge in [-0.05, 0) is 88.7 Å². The van der Waals surface area contributed by atoms with Crippen molar-refractivity contribution < 1.29 is 13.9 Å². The Morgan fingerprint density at radius 2 is 2.02 bits per heavy atom. The van der Waals surface area contributed by atoms with E-state index < -0.39 is 5.82 Å². The highest BCUT2D eigenvalue weighted by Gasteiger charge is 2.49. The molecule has 8 nitrogen and oxygen atoms in total. The first-order valence-corrected chi connectivity index (χ1v) is 18.4. The smallest absolute Gasteiger partial charge is 0.223 e. The van der Waals surface area contributed by atoms with Gasteiger partial charge in [-0.25, -0.2) is 9.37 Å². The molecule has 1 saturated carbocycles. The molecular weight excluding hydrogens is 662 g/mol. The van der Waals surface area contributed by atoms with Crippen LogP contribution in [0, 0.1) is 23.1 Å². The third-order valence-corrected chi connectivity index (χ3v) is 12.3. The fraction of sp³-hybridized carbons (Fsp3) is 0.500. The third-order valence-electron chi connectivity index (χ3n) is 11.5. The number of nitriles is 1. The zero-order valence-electron chi connectivity index (χ0n) is 27.9. The van der Waals surface area contributed by atoms with E-state index in [1.54, 1.807) is 18.2 Å². The molecule has 2 aromatic heterocycles. The molecule has 4 aromatic rings. The Balaban J connectivity index is 1.37. The van der Waals surface area contributed by atoms with E-state index in [1.807, 2.05) is 11.0 Å². The maximum absolute atomic E-state index is 17.4. The van der Waals surface area contributed by atoms with Crippen LogP contribution in [-0.4, -0.2) is 76.7 Å². The number of ether oxygens (including phenoxy) is 1. The number of nitrogens with one attached hydrogen (secondary N) is 1. The molecule has 2 bridgehead atoms. The van der Waals surface area contributed by atoms with Gasteiger partial charge in [0.1, 0.15) is 11.6 Å². The molecule has 5 aliphatic rings. The molecule has 1 amide bonds. The van der Waals surface area contributed by atoms with E-state index in [9.17, 15) is 10.1 Å². The number of carbonyl (C=O) groups is 1. The van der Waals surface area contributed by atoms with Gasteiger partial charge in [0.15, 0.2) is 5.82 Å². The number of aromatic nitrogens is 2. The minimum Gasteiger partial charge on any atom is -0.472 e. The molecule has 256 valence electrons. The molecule has 1 aliphatic carbocycles. The zero-order valence-corrected chi connectivity index (χ0v) is 29.5. The Morgan fingerprint density at radius 3 is 2.69 bits per heavy atom. The minimum absolute atomic E-state index is 0.169. The second-order valence-electron chi connectivity index (χ2n) is 14.3. The van der Waals surface area contributed by atoms with Crippen LogP contribution in [0.15, 0.2) is 30.3 Å². The molecule has 1 N–H and O–H groups in total. The standard InChI is InChI=1S/C38H41Cl2FN6O2/c1-21(30-10-5-14-45(30)2)49-38-27-19-24(11-12-31(48)46-15-6-16-46)47(36-23-18-29(36)43-20-23)37(27)26-17-22(7-4-13-42)32(34(41)35(26)44-38)25-8-3-9-28(39)33(25)40/h3,8-9,17,19,21,23,29-30,36,43H,4-7,10-12,14-16,18,20H2,1-2H3/t21-,23+,29+,30?,36-/m0/s1. The van der Waals surface area contributed by atoms with Crippen LogP contribution in [0.2, 0.25) is 10.0 Å². The van der Waals surface area contributed by atoms with E-state index in [0.29, 0.717) is 64.2 Å². The first-order chi connectivity index (χ1) is 23.7. The summed E-state index contributed by atoms with van der Waals surface area (Å²) in [6, 6.07) is 12.3. The van der Waals surface area contributed by atoms with Gasteiger partial charge < -0.3 is 19.5 Å². The summed E-state index contributed by atoms with van der Waals surface area (Å²) in [5, 5.41) is 15.3. The van der Waals surface area contributed by atoms with Crippen LogP contribution in [0.4, 0.5) is 4.39 Å². The summed E-state index contributed by atoms with van der Waals surface area (Å²) in [4.78, 5) is 22.3. The average Bonchev–Trinajstić information content (AvgIpc) is 3.86. The fourth-order valence-corrected chi connectivity index (χ4v) is 9.14. The number of fused-ring (bicyclic) bond motifs is 4. The van der Waals surface area contributed by atoms with E-state index >= 15 is 4.39 Å². The number of aryl methyl sites for hydroxylation is 2. The van der Waals surface area contributed by atoms with Gasteiger partial charge in [-0.15, -0.1) is 0 Å². The van der Waals surface area contributed by atoms with E-state index in [4.69, 9.17) is 32.9 Å². The Kier molecular flexibility index (Phi) is 8.72. The van der Waals surface area contributed by atoms with Crippen LogP contribution < -0.4 is 10.1 Å². The largest absolute Gasteiger partial charge is 0.472 e. The molecule has 4 aliphatic heterocycles. The number of carbonyl (C=O) groups excluding carboxylic acids is 1. The van der Waals surface area contributed by atoms with Crippen LogP contribution in [0.3, 0.4) is 0 Å². The molecule has 0 radical (unpaired) electrons. The van der Waals surface area contributed by atoms with Crippen LogP contribution in [-0.2, 0) is 17.6 Å². The van der Waals surface area contributed by atoms with Gasteiger partial charge >= 0.3 is 0 Å². The zero-order chi connectivity index (χ0) is 34.0. The number of likely N-dealkylation sites (tertiary alicyclic amines) is 2. The lowest BCUT2D eigenvalue weighted by atomic mass is 9.79. The van der Waals surface area contributed by atoms with Gasteiger partial charge in [0.2, 0.25) is 11.8 Å². The number of benzene rings is 2. The number of nitrogens with zero attached hydrogens (tertiary/aromatic N) is 5. The van der Waals surface area contributed by atoms with E-state index in [2.05, 4.69) is 40.9 Å². The Morgan fingerprint density at radius 1 is 1.18 bits per heavy atom. The van der Waals surface area contributed by atoms with Gasteiger partial charge in [0, 0.05) is 66.8 Å². The highest BCUT2D eigenvalue weighted by atomic mass is 35.5. The number of amides is 1. The van der Waals surface area contributed by atoms with Crippen molar-refractivity contribution in [3.8, 4) is 23.1 Å². The average molecular weight is 704 g/mol. The first-order valence-electron chi connectivity index (χ1n) is 17.6. The highest BCUT2D eigenvalue weighted by Crippen LogP contribution is 2.49. The topological polar surface area (TPSA) is 86.4 Å². The van der Waals surface area contributed by atoms with Crippen LogP contribution >= 0.6 is 23.2 Å². The second-order valence-corrected chi connectivity index (χ2v) is 15.1. The van der Waals surface area contributed by atoms with Gasteiger partial charge in [0.05, 0.1) is 33.1 Å². The molecule has 4 saturated heterocycles. The Labute approximate surface area is 296 Å². The van der Waals surface area contributed by atoms with Crippen molar-refractivity contribution in [1.29, 1.82) is 5.26 Å². The highest BCUT2D eigenvalue weighted by molar-refractivity contribution is 6.43. The predicted molar refractivity (Wildman–Crippen MR) is 191 cm³/mol. The van der Waals surface area contributed by atoms with Crippen LogP contribution in [0.1, 0.15) is 62.7 Å². The molecule has 49 heavy (non-hydrogen) atoms. The molecule has 9 rings (SSSR count). The summed E-state index contributed by atoms with van der Waals surface area (Å²) in [6.07, 6.45) is 5.61. The summed E-state index contributed by atoms with van der Waals surface area (Å²) in [6.45, 7) is 5.65. The second kappa shape index (κ2) is 13.0. The molecule has 0 spiro atoms. The van der Waals surface area contributed by atoms with Gasteiger partial charge in [-0.3, -0.25) is 9.69 Å². The minimum atomic E-state index is -0.510. The Hall–Kier alpha value is -3.42. The predicted octanol–water partition coefficient (Wildman–Crippen LogP) is 7.32. The maximum atomic E-state index is 17.4. The monoisotopic (exact) mass is 702 g/mol. The SMILES string of the molecule is C[C@H](Oc1nc2c(F)c(-c3cccc(Cl)c3Cl)c(CCC#N)cc2c2c1cc(CCC(=O)N1CCC1)n2[C@H]1[C@H]2CN[C@@H]1C2)C1CCCN1C. The number of rotatable bonds is 10. The van der Waals surface area contributed by atoms with Crippen molar-refractivity contribution >= 4 is 50.9 Å². The molecule has 5 fully saturated rings. The molecule has 11 heteroatoms. The maximum Gasteiger partial charge on any atom is 0.223 e. The fourth-order valence-electron chi connectivity index (χ4n) is 8.74. The number of likely N-dealkylation sites (N-methyl/N-ethyl adjacent to an activating group) is 1. The molecule has 2 aromatic carbocycles. The van der Waals surface area contributed by atoms with Gasteiger partial charge in [-0.2, -0.15) is 5.26 Å². The molecule has 5 atom stereocenters. The molecule has 1 unspecified atom stereocenters. The van der Waals surface area contributed by atoms with E-state index in [0.717, 1.165) is 68.5 Å². The molecule has 6 heterocycles. The summed E-state index contributed by atoms with van der Waals surface area (Å²) in [7, 11) is 2.12. The quantitative estimate of drug-likeness (QED) is 0.186. The number of hydrogen-bond donors (Lipinski definition) is 1. The first kappa shape index (κ1) is 32.8. The lowest BCUT2D eigenvalue weighted by Crippen LogP contribution is -2.42. The molecular formula is C38H41Cl2FN6O2. The van der Waals surface area contributed by atoms with Crippen molar-refractivity contribution in [2.24, 2.45) is 5.92 Å². The van der Waals surface area contributed by atoms with Crippen molar-refractivity contribution in [3.63, 3.8) is 0 Å². The van der Waals surface area contributed by atoms with Crippen molar-refractivity contribution in [1.82, 2.24) is 24.7 Å². The van der Waals surface area contributed by atoms with E-state index in [1.165, 1.54) is 0 Å².